The number of hydrogen-bond acceptors (Lipinski definition) is 5. The normalized spacial score (nSPS) is 15.5. The van der Waals surface area contributed by atoms with Crippen LogP contribution in [0, 0.1) is 13.8 Å². The third kappa shape index (κ3) is 7.70. The van der Waals surface area contributed by atoms with E-state index in [0.29, 0.717) is 51.7 Å². The van der Waals surface area contributed by atoms with Gasteiger partial charge in [0.2, 0.25) is 0 Å². The van der Waals surface area contributed by atoms with E-state index in [2.05, 4.69) is 31.2 Å². The van der Waals surface area contributed by atoms with Crippen LogP contribution in [-0.2, 0) is 11.0 Å². The highest BCUT2D eigenvalue weighted by molar-refractivity contribution is 6.35. The number of carbonyl (C=O) groups excluding carboxylic acids is 3. The number of hydrogen-bond donors (Lipinski definition) is 5. The van der Waals surface area contributed by atoms with Crippen LogP contribution in [0.4, 0.5) is 35.9 Å². The van der Waals surface area contributed by atoms with Crippen LogP contribution in [-0.4, -0.2) is 53.8 Å². The second kappa shape index (κ2) is 14.0. The van der Waals surface area contributed by atoms with Gasteiger partial charge in [-0.1, -0.05) is 24.6 Å². The van der Waals surface area contributed by atoms with Crippen molar-refractivity contribution in [3.63, 3.8) is 0 Å². The van der Waals surface area contributed by atoms with Crippen LogP contribution >= 0.6 is 0 Å². The van der Waals surface area contributed by atoms with E-state index in [1.54, 1.807) is 36.4 Å². The zero-order valence-electron chi connectivity index (χ0n) is 27.2. The number of fused-ring (bicyclic) bond motifs is 1. The lowest BCUT2D eigenvalue weighted by Crippen LogP contribution is -2.37. The molecule has 4 aromatic rings. The molecule has 2 aliphatic rings. The highest BCUT2D eigenvalue weighted by atomic mass is 19.4. The number of piperidine rings is 1. The van der Waals surface area contributed by atoms with Crippen molar-refractivity contribution in [1.82, 2.24) is 15.2 Å². The van der Waals surface area contributed by atoms with Crippen LogP contribution in [0.1, 0.15) is 68.1 Å². The van der Waals surface area contributed by atoms with Crippen LogP contribution in [0.15, 0.2) is 66.7 Å². The Morgan fingerprint density at radius 1 is 0.898 bits per heavy atom. The number of anilines is 4. The molecule has 0 radical (unpaired) electrons. The number of nitrogens with one attached hydrogen (secondary N) is 5. The third-order valence-corrected chi connectivity index (χ3v) is 8.82. The van der Waals surface area contributed by atoms with Crippen LogP contribution in [0.2, 0.25) is 0 Å². The number of alkyl halides is 3. The van der Waals surface area contributed by atoms with Crippen LogP contribution in [0.25, 0.3) is 11.6 Å². The van der Waals surface area contributed by atoms with E-state index in [0.717, 1.165) is 43.0 Å². The topological polar surface area (TPSA) is 118 Å². The molecule has 9 nitrogen and oxygen atoms in total. The quantitative estimate of drug-likeness (QED) is 0.119. The number of nitrogens with zero attached hydrogens (tertiary/aromatic N) is 1. The molecule has 3 amide bonds. The van der Waals surface area contributed by atoms with Gasteiger partial charge in [-0.05, 0) is 99.9 Å². The number of likely N-dealkylation sites (tertiary alicyclic amines) is 1. The molecule has 6 rings (SSSR count). The summed E-state index contributed by atoms with van der Waals surface area (Å²) in [6.07, 6.45) is 0.863. The second-order valence-electron chi connectivity index (χ2n) is 12.3. The van der Waals surface area contributed by atoms with Crippen LogP contribution in [0.5, 0.6) is 0 Å². The van der Waals surface area contributed by atoms with Crippen molar-refractivity contribution in [2.75, 3.05) is 42.1 Å². The lowest BCUT2D eigenvalue weighted by Gasteiger charge is -2.26. The largest absolute Gasteiger partial charge is 0.416 e. The Morgan fingerprint density at radius 2 is 1.63 bits per heavy atom. The first-order valence-corrected chi connectivity index (χ1v) is 16.2. The number of carbonyl (C=O) groups is 3. The lowest BCUT2D eigenvalue weighted by molar-refractivity contribution is -0.137. The standard InChI is InChI=1S/C37H37F3N6O3/c1-22-31(42-23(2)33(22)36(49)41-14-17-46-15-4-3-5-16-46)21-30-29-13-12-28(20-32(29)45-35(30)48)43-26-10-7-11-27(19-26)44-34(47)24-8-6-9-25(18-24)37(38,39)40/h6-13,18-21,42-43H,3-5,14-17H2,1-2H3,(H,41,49)(H,44,47)(H,45,48). The zero-order valence-corrected chi connectivity index (χ0v) is 27.2. The molecule has 1 aromatic heterocycles. The Bertz CT molecular complexity index is 1940. The highest BCUT2D eigenvalue weighted by Gasteiger charge is 2.31. The van der Waals surface area contributed by atoms with Gasteiger partial charge in [0.15, 0.2) is 0 Å². The molecule has 0 atom stereocenters. The maximum Gasteiger partial charge on any atom is 0.416 e. The van der Waals surface area contributed by atoms with Gasteiger partial charge in [0.25, 0.3) is 17.7 Å². The van der Waals surface area contributed by atoms with Crippen molar-refractivity contribution in [3.05, 3.63) is 106 Å². The van der Waals surface area contributed by atoms with Gasteiger partial charge >= 0.3 is 6.18 Å². The van der Waals surface area contributed by atoms with E-state index >= 15 is 0 Å². The Hall–Kier alpha value is -5.36. The minimum atomic E-state index is -4.56. The molecule has 0 saturated carbocycles. The molecule has 254 valence electrons. The zero-order chi connectivity index (χ0) is 34.7. The first-order valence-electron chi connectivity index (χ1n) is 16.2. The Balaban J connectivity index is 1.13. The number of rotatable bonds is 9. The van der Waals surface area contributed by atoms with E-state index in [1.165, 1.54) is 31.4 Å². The van der Waals surface area contributed by atoms with Gasteiger partial charge in [-0.2, -0.15) is 13.2 Å². The molecule has 49 heavy (non-hydrogen) atoms. The predicted molar refractivity (Wildman–Crippen MR) is 185 cm³/mol. The number of benzene rings is 3. The molecule has 12 heteroatoms. The first-order chi connectivity index (χ1) is 23.5. The lowest BCUT2D eigenvalue weighted by atomic mass is 10.0. The number of aryl methyl sites for hydroxylation is 1. The molecule has 0 aliphatic carbocycles. The maximum absolute atomic E-state index is 13.1. The van der Waals surface area contributed by atoms with Crippen LogP contribution < -0.4 is 21.3 Å². The van der Waals surface area contributed by atoms with E-state index in [-0.39, 0.29) is 17.4 Å². The third-order valence-electron chi connectivity index (χ3n) is 8.82. The Labute approximate surface area is 282 Å². The Kier molecular flexibility index (Phi) is 9.59. The molecular formula is C37H37F3N6O3. The maximum atomic E-state index is 13.1. The minimum absolute atomic E-state index is 0.112. The van der Waals surface area contributed by atoms with Gasteiger partial charge in [0.1, 0.15) is 0 Å². The second-order valence-corrected chi connectivity index (χ2v) is 12.3. The molecule has 2 aliphatic heterocycles. The summed E-state index contributed by atoms with van der Waals surface area (Å²) in [5.41, 5.74) is 5.18. The van der Waals surface area contributed by atoms with Crippen molar-refractivity contribution in [2.45, 2.75) is 39.3 Å². The summed E-state index contributed by atoms with van der Waals surface area (Å²) in [4.78, 5) is 44.5. The van der Waals surface area contributed by atoms with Crippen molar-refractivity contribution in [3.8, 4) is 0 Å². The molecule has 0 spiro atoms. The number of aromatic nitrogens is 1. The fraction of sp³-hybridized carbons (Fsp3) is 0.270. The monoisotopic (exact) mass is 670 g/mol. The minimum Gasteiger partial charge on any atom is -0.358 e. The molecule has 0 unspecified atom stereocenters. The molecule has 1 saturated heterocycles. The summed E-state index contributed by atoms with van der Waals surface area (Å²) in [6, 6.07) is 16.4. The molecule has 0 bridgehead atoms. The number of amides is 3. The summed E-state index contributed by atoms with van der Waals surface area (Å²) in [5.74, 6) is -1.08. The van der Waals surface area contributed by atoms with Crippen molar-refractivity contribution >= 4 is 52.1 Å². The van der Waals surface area contributed by atoms with Gasteiger partial charge in [0, 0.05) is 52.7 Å². The number of H-pyrrole nitrogens is 1. The summed E-state index contributed by atoms with van der Waals surface area (Å²) >= 11 is 0. The molecule has 1 fully saturated rings. The van der Waals surface area contributed by atoms with Gasteiger partial charge in [-0.3, -0.25) is 14.4 Å². The SMILES string of the molecule is Cc1[nH]c(C=C2C(=O)Nc3cc(Nc4cccc(NC(=O)c5cccc(C(F)(F)F)c5)c4)ccc32)c(C)c1C(=O)NCCN1CCCCC1. The summed E-state index contributed by atoms with van der Waals surface area (Å²) in [5, 5.41) is 11.8. The van der Waals surface area contributed by atoms with Crippen molar-refractivity contribution < 1.29 is 27.6 Å². The first kappa shape index (κ1) is 33.5. The summed E-state index contributed by atoms with van der Waals surface area (Å²) in [6.45, 7) is 7.25. The predicted octanol–water partition coefficient (Wildman–Crippen LogP) is 7.35. The molecular weight excluding hydrogens is 633 g/mol. The average molecular weight is 671 g/mol. The Morgan fingerprint density at radius 3 is 2.41 bits per heavy atom. The molecule has 5 N–H and O–H groups in total. The molecule has 3 heterocycles. The number of aromatic amines is 1. The highest BCUT2D eigenvalue weighted by Crippen LogP contribution is 2.37. The van der Waals surface area contributed by atoms with Crippen molar-refractivity contribution in [1.29, 1.82) is 0 Å². The fourth-order valence-corrected chi connectivity index (χ4v) is 6.30. The van der Waals surface area contributed by atoms with Crippen LogP contribution in [0.3, 0.4) is 0 Å². The summed E-state index contributed by atoms with van der Waals surface area (Å²) in [7, 11) is 0. The fourth-order valence-electron chi connectivity index (χ4n) is 6.30. The van der Waals surface area contributed by atoms with E-state index in [9.17, 15) is 27.6 Å². The van der Waals surface area contributed by atoms with E-state index in [1.807, 2.05) is 26.0 Å². The van der Waals surface area contributed by atoms with Gasteiger partial charge in [-0.25, -0.2) is 0 Å². The molecule has 3 aromatic carbocycles. The van der Waals surface area contributed by atoms with Crippen molar-refractivity contribution in [2.24, 2.45) is 0 Å². The summed E-state index contributed by atoms with van der Waals surface area (Å²) < 4.78 is 39.3. The van der Waals surface area contributed by atoms with Gasteiger partial charge in [0.05, 0.1) is 22.4 Å². The average Bonchev–Trinajstić information content (AvgIpc) is 3.54. The van der Waals surface area contributed by atoms with E-state index in [4.69, 9.17) is 0 Å². The smallest absolute Gasteiger partial charge is 0.358 e. The van der Waals surface area contributed by atoms with Gasteiger partial charge < -0.3 is 31.2 Å². The van der Waals surface area contributed by atoms with E-state index < -0.39 is 17.6 Å². The van der Waals surface area contributed by atoms with Gasteiger partial charge in [-0.15, -0.1) is 0 Å². The number of halogens is 3.